The van der Waals surface area contributed by atoms with Gasteiger partial charge in [-0.2, -0.15) is 0 Å². The molecule has 1 aliphatic heterocycles. The lowest BCUT2D eigenvalue weighted by atomic mass is 10.1. The SMILES string of the molecule is Cc1ccc2cc(C=C3NC(=S)N(c4ccccc4)C3=O)c(Cl)nc2c1. The second-order valence-corrected chi connectivity index (χ2v) is 6.77. The number of thiocarbonyl (C=S) groups is 1. The fourth-order valence-electron chi connectivity index (χ4n) is 2.87. The molecule has 26 heavy (non-hydrogen) atoms. The van der Waals surface area contributed by atoms with Crippen LogP contribution in [0, 0.1) is 6.92 Å². The molecule has 0 saturated carbocycles. The van der Waals surface area contributed by atoms with Crippen LogP contribution in [0.3, 0.4) is 0 Å². The molecular weight excluding hydrogens is 366 g/mol. The van der Waals surface area contributed by atoms with Gasteiger partial charge in [-0.25, -0.2) is 4.98 Å². The number of halogens is 1. The summed E-state index contributed by atoms with van der Waals surface area (Å²) >= 11 is 11.7. The van der Waals surface area contributed by atoms with Gasteiger partial charge in [0.25, 0.3) is 5.91 Å². The second-order valence-electron chi connectivity index (χ2n) is 6.03. The van der Waals surface area contributed by atoms with Crippen molar-refractivity contribution in [1.82, 2.24) is 10.3 Å². The van der Waals surface area contributed by atoms with Gasteiger partial charge in [-0.3, -0.25) is 9.69 Å². The van der Waals surface area contributed by atoms with Crippen molar-refractivity contribution in [3.8, 4) is 0 Å². The van der Waals surface area contributed by atoms with Crippen molar-refractivity contribution in [2.75, 3.05) is 4.90 Å². The predicted molar refractivity (Wildman–Crippen MR) is 109 cm³/mol. The number of aryl methyl sites for hydroxylation is 1. The van der Waals surface area contributed by atoms with Crippen LogP contribution in [0.2, 0.25) is 5.15 Å². The third-order valence-electron chi connectivity index (χ3n) is 4.15. The summed E-state index contributed by atoms with van der Waals surface area (Å²) in [5.41, 5.74) is 3.69. The molecule has 6 heteroatoms. The Morgan fingerprint density at radius 3 is 2.69 bits per heavy atom. The number of benzene rings is 2. The number of anilines is 1. The van der Waals surface area contributed by atoms with E-state index < -0.39 is 0 Å². The largest absolute Gasteiger partial charge is 0.327 e. The number of rotatable bonds is 2. The molecular formula is C20H14ClN3OS. The molecule has 3 aromatic rings. The first-order chi connectivity index (χ1) is 12.5. The summed E-state index contributed by atoms with van der Waals surface area (Å²) in [5, 5.41) is 4.61. The monoisotopic (exact) mass is 379 g/mol. The van der Waals surface area contributed by atoms with Gasteiger partial charge >= 0.3 is 0 Å². The van der Waals surface area contributed by atoms with E-state index >= 15 is 0 Å². The molecule has 1 aliphatic rings. The molecule has 4 nitrogen and oxygen atoms in total. The van der Waals surface area contributed by atoms with Gasteiger partial charge in [0.1, 0.15) is 10.9 Å². The van der Waals surface area contributed by atoms with Crippen LogP contribution in [0.1, 0.15) is 11.1 Å². The van der Waals surface area contributed by atoms with Gasteiger partial charge in [-0.1, -0.05) is 41.9 Å². The number of pyridine rings is 1. The zero-order valence-corrected chi connectivity index (χ0v) is 15.4. The van der Waals surface area contributed by atoms with Crippen molar-refractivity contribution in [2.24, 2.45) is 0 Å². The molecule has 1 aromatic heterocycles. The predicted octanol–water partition coefficient (Wildman–Crippen LogP) is 4.46. The highest BCUT2D eigenvalue weighted by Crippen LogP contribution is 2.26. The molecule has 1 N–H and O–H groups in total. The Kier molecular flexibility index (Phi) is 4.18. The standard InChI is InChI=1S/C20H14ClN3OS/c1-12-7-8-13-10-14(18(21)22-16(13)9-12)11-17-19(25)24(20(26)23-17)15-5-3-2-4-6-15/h2-11H,1H3,(H,23,26). The lowest BCUT2D eigenvalue weighted by Crippen LogP contribution is -2.30. The average Bonchev–Trinajstić information content (AvgIpc) is 2.90. The molecule has 0 aliphatic carbocycles. The summed E-state index contributed by atoms with van der Waals surface area (Å²) in [4.78, 5) is 18.7. The molecule has 0 radical (unpaired) electrons. The zero-order valence-electron chi connectivity index (χ0n) is 13.9. The Morgan fingerprint density at radius 1 is 1.15 bits per heavy atom. The summed E-state index contributed by atoms with van der Waals surface area (Å²) in [6.07, 6.45) is 1.69. The van der Waals surface area contributed by atoms with Crippen molar-refractivity contribution >= 4 is 57.5 Å². The number of aromatic nitrogens is 1. The van der Waals surface area contributed by atoms with Crippen molar-refractivity contribution < 1.29 is 4.79 Å². The Hall–Kier alpha value is -2.76. The maximum atomic E-state index is 12.8. The molecule has 2 aromatic carbocycles. The first-order valence-electron chi connectivity index (χ1n) is 8.02. The van der Waals surface area contributed by atoms with E-state index in [9.17, 15) is 4.79 Å². The first kappa shape index (κ1) is 16.7. The minimum Gasteiger partial charge on any atom is -0.327 e. The van der Waals surface area contributed by atoms with Gasteiger partial charge in [-0.05, 0) is 55.0 Å². The average molecular weight is 380 g/mol. The number of carbonyl (C=O) groups excluding carboxylic acids is 1. The van der Waals surface area contributed by atoms with Crippen molar-refractivity contribution in [2.45, 2.75) is 6.92 Å². The van der Waals surface area contributed by atoms with Gasteiger partial charge in [0, 0.05) is 10.9 Å². The van der Waals surface area contributed by atoms with E-state index in [1.165, 1.54) is 4.90 Å². The van der Waals surface area contributed by atoms with Crippen LogP contribution in [-0.2, 0) is 4.79 Å². The molecule has 1 fully saturated rings. The van der Waals surface area contributed by atoms with E-state index in [1.54, 1.807) is 6.08 Å². The smallest absolute Gasteiger partial charge is 0.281 e. The minimum absolute atomic E-state index is 0.221. The van der Waals surface area contributed by atoms with E-state index in [-0.39, 0.29) is 5.91 Å². The van der Waals surface area contributed by atoms with E-state index in [4.69, 9.17) is 23.8 Å². The Bertz CT molecular complexity index is 1080. The highest BCUT2D eigenvalue weighted by atomic mass is 35.5. The van der Waals surface area contributed by atoms with E-state index in [0.29, 0.717) is 21.5 Å². The van der Waals surface area contributed by atoms with E-state index in [2.05, 4.69) is 10.3 Å². The summed E-state index contributed by atoms with van der Waals surface area (Å²) < 4.78 is 0. The number of hydrogen-bond acceptors (Lipinski definition) is 3. The van der Waals surface area contributed by atoms with Gasteiger partial charge in [0.15, 0.2) is 5.11 Å². The van der Waals surface area contributed by atoms with Gasteiger partial charge in [0.05, 0.1) is 11.2 Å². The fraction of sp³-hybridized carbons (Fsp3) is 0.0500. The van der Waals surface area contributed by atoms with Gasteiger partial charge < -0.3 is 5.32 Å². The van der Waals surface area contributed by atoms with Crippen LogP contribution in [0.4, 0.5) is 5.69 Å². The molecule has 0 spiro atoms. The quantitative estimate of drug-likeness (QED) is 0.405. The third-order valence-corrected chi connectivity index (χ3v) is 4.73. The van der Waals surface area contributed by atoms with Crippen LogP contribution in [0.15, 0.2) is 60.3 Å². The lowest BCUT2D eigenvalue weighted by Gasteiger charge is -2.13. The fourth-order valence-corrected chi connectivity index (χ4v) is 3.37. The molecule has 2 heterocycles. The Labute approximate surface area is 161 Å². The van der Waals surface area contributed by atoms with Crippen LogP contribution < -0.4 is 10.2 Å². The van der Waals surface area contributed by atoms with Crippen molar-refractivity contribution in [3.05, 3.63) is 76.6 Å². The van der Waals surface area contributed by atoms with E-state index in [1.807, 2.05) is 61.5 Å². The van der Waals surface area contributed by atoms with Crippen LogP contribution in [-0.4, -0.2) is 16.0 Å². The maximum Gasteiger partial charge on any atom is 0.281 e. The Morgan fingerprint density at radius 2 is 1.92 bits per heavy atom. The van der Waals surface area contributed by atoms with Gasteiger partial charge in [0.2, 0.25) is 0 Å². The highest BCUT2D eigenvalue weighted by Gasteiger charge is 2.32. The van der Waals surface area contributed by atoms with Crippen molar-refractivity contribution in [1.29, 1.82) is 0 Å². The highest BCUT2D eigenvalue weighted by molar-refractivity contribution is 7.80. The minimum atomic E-state index is -0.221. The van der Waals surface area contributed by atoms with Crippen molar-refractivity contribution in [3.63, 3.8) is 0 Å². The molecule has 0 atom stereocenters. The lowest BCUT2D eigenvalue weighted by molar-refractivity contribution is -0.113. The van der Waals surface area contributed by atoms with Crippen LogP contribution >= 0.6 is 23.8 Å². The number of nitrogens with one attached hydrogen (secondary N) is 1. The number of hydrogen-bond donors (Lipinski definition) is 1. The molecule has 0 unspecified atom stereocenters. The molecule has 1 amide bonds. The summed E-state index contributed by atoms with van der Waals surface area (Å²) in [5.74, 6) is -0.221. The third kappa shape index (κ3) is 2.96. The van der Waals surface area contributed by atoms with Gasteiger partial charge in [-0.15, -0.1) is 0 Å². The number of nitrogens with zero attached hydrogens (tertiary/aromatic N) is 2. The normalized spacial score (nSPS) is 15.8. The number of para-hydroxylation sites is 1. The Balaban J connectivity index is 1.74. The molecule has 0 bridgehead atoms. The number of fused-ring (bicyclic) bond motifs is 1. The maximum absolute atomic E-state index is 12.8. The van der Waals surface area contributed by atoms with Crippen LogP contribution in [0.5, 0.6) is 0 Å². The number of carbonyl (C=O) groups is 1. The molecule has 128 valence electrons. The molecule has 4 rings (SSSR count). The second kappa shape index (κ2) is 6.52. The first-order valence-corrected chi connectivity index (χ1v) is 8.80. The van der Waals surface area contributed by atoms with Crippen LogP contribution in [0.25, 0.3) is 17.0 Å². The zero-order chi connectivity index (χ0) is 18.3. The number of amides is 1. The summed E-state index contributed by atoms with van der Waals surface area (Å²) in [6, 6.07) is 17.2. The summed E-state index contributed by atoms with van der Waals surface area (Å²) in [7, 11) is 0. The van der Waals surface area contributed by atoms with E-state index in [0.717, 1.165) is 22.2 Å². The molecule has 1 saturated heterocycles. The summed E-state index contributed by atoms with van der Waals surface area (Å²) in [6.45, 7) is 2.01. The topological polar surface area (TPSA) is 45.2 Å².